The van der Waals surface area contributed by atoms with E-state index in [1.807, 2.05) is 11.8 Å². The Labute approximate surface area is 117 Å². The van der Waals surface area contributed by atoms with Crippen LogP contribution in [0.2, 0.25) is 0 Å². The number of hydrogen-bond acceptors (Lipinski definition) is 5. The van der Waals surface area contributed by atoms with E-state index in [9.17, 15) is 9.59 Å². The van der Waals surface area contributed by atoms with Crippen molar-refractivity contribution in [2.24, 2.45) is 5.73 Å². The van der Waals surface area contributed by atoms with Crippen LogP contribution in [0.4, 0.5) is 0 Å². The summed E-state index contributed by atoms with van der Waals surface area (Å²) in [6.45, 7) is 3.72. The number of aromatic amines is 1. The molecule has 1 aromatic heterocycles. The topological polar surface area (TPSA) is 117 Å². The number of likely N-dealkylation sites (tertiary alicyclic amines) is 1. The highest BCUT2D eigenvalue weighted by Crippen LogP contribution is 2.10. The van der Waals surface area contributed by atoms with Crippen LogP contribution in [0.1, 0.15) is 36.2 Å². The van der Waals surface area contributed by atoms with Gasteiger partial charge >= 0.3 is 0 Å². The van der Waals surface area contributed by atoms with E-state index < -0.39 is 0 Å². The molecular formula is C12H20N6O2. The number of carbonyl (C=O) groups is 2. The molecule has 0 unspecified atom stereocenters. The predicted octanol–water partition coefficient (Wildman–Crippen LogP) is -0.953. The molecule has 1 aliphatic heterocycles. The van der Waals surface area contributed by atoms with Gasteiger partial charge in [0.1, 0.15) is 5.82 Å². The van der Waals surface area contributed by atoms with Crippen molar-refractivity contribution in [3.63, 3.8) is 0 Å². The molecule has 2 heterocycles. The summed E-state index contributed by atoms with van der Waals surface area (Å²) in [5, 5.41) is 9.53. The molecule has 4 N–H and O–H groups in total. The number of nitrogens with two attached hydrogens (primary N) is 1. The maximum atomic E-state index is 12.0. The Hall–Kier alpha value is -1.96. The summed E-state index contributed by atoms with van der Waals surface area (Å²) in [6, 6.07) is 0.0928. The van der Waals surface area contributed by atoms with Gasteiger partial charge in [-0.25, -0.2) is 4.98 Å². The first-order valence-electron chi connectivity index (χ1n) is 6.81. The molecule has 20 heavy (non-hydrogen) atoms. The second-order valence-corrected chi connectivity index (χ2v) is 4.95. The first-order chi connectivity index (χ1) is 9.58. The van der Waals surface area contributed by atoms with Gasteiger partial charge in [-0.2, -0.15) is 0 Å². The molecule has 1 fully saturated rings. The number of rotatable bonds is 5. The summed E-state index contributed by atoms with van der Waals surface area (Å²) in [5.74, 6) is 0.308. The molecule has 0 saturated carbocycles. The third-order valence-electron chi connectivity index (χ3n) is 3.37. The van der Waals surface area contributed by atoms with Gasteiger partial charge in [-0.15, -0.1) is 5.10 Å². The first-order valence-corrected chi connectivity index (χ1v) is 6.81. The quantitative estimate of drug-likeness (QED) is 0.642. The van der Waals surface area contributed by atoms with Gasteiger partial charge in [-0.05, 0) is 12.8 Å². The van der Waals surface area contributed by atoms with Crippen molar-refractivity contribution in [2.45, 2.75) is 32.2 Å². The second kappa shape index (κ2) is 6.47. The molecule has 0 radical (unpaired) electrons. The zero-order valence-electron chi connectivity index (χ0n) is 11.6. The van der Waals surface area contributed by atoms with Gasteiger partial charge in [0.2, 0.25) is 11.7 Å². The lowest BCUT2D eigenvalue weighted by atomic mass is 10.1. The summed E-state index contributed by atoms with van der Waals surface area (Å²) in [7, 11) is 0. The fraction of sp³-hybridized carbons (Fsp3) is 0.667. The zero-order chi connectivity index (χ0) is 14.5. The van der Waals surface area contributed by atoms with E-state index in [2.05, 4.69) is 20.5 Å². The molecule has 2 amide bonds. The van der Waals surface area contributed by atoms with Crippen molar-refractivity contribution in [3.05, 3.63) is 11.6 Å². The molecule has 8 heteroatoms. The normalized spacial score (nSPS) is 17.1. The van der Waals surface area contributed by atoms with Crippen LogP contribution in [0.3, 0.4) is 0 Å². The summed E-state index contributed by atoms with van der Waals surface area (Å²) >= 11 is 0. The molecule has 2 rings (SSSR count). The van der Waals surface area contributed by atoms with Crippen LogP contribution in [0, 0.1) is 0 Å². The third-order valence-corrected chi connectivity index (χ3v) is 3.37. The number of carbonyl (C=O) groups excluding carboxylic acids is 2. The van der Waals surface area contributed by atoms with E-state index in [4.69, 9.17) is 5.73 Å². The minimum atomic E-state index is -0.319. The number of aryl methyl sites for hydroxylation is 1. The molecular weight excluding hydrogens is 260 g/mol. The van der Waals surface area contributed by atoms with Gasteiger partial charge in [0.05, 0.1) is 6.54 Å². The van der Waals surface area contributed by atoms with E-state index >= 15 is 0 Å². The summed E-state index contributed by atoms with van der Waals surface area (Å²) < 4.78 is 0. The number of hydrogen-bond donors (Lipinski definition) is 3. The molecule has 1 saturated heterocycles. The summed E-state index contributed by atoms with van der Waals surface area (Å²) in [4.78, 5) is 28.9. The van der Waals surface area contributed by atoms with E-state index in [-0.39, 0.29) is 30.2 Å². The average molecular weight is 280 g/mol. The van der Waals surface area contributed by atoms with Crippen molar-refractivity contribution < 1.29 is 9.59 Å². The van der Waals surface area contributed by atoms with Crippen LogP contribution in [-0.2, 0) is 11.2 Å². The van der Waals surface area contributed by atoms with E-state index in [0.717, 1.165) is 25.9 Å². The summed E-state index contributed by atoms with van der Waals surface area (Å²) in [5.41, 5.74) is 5.16. The van der Waals surface area contributed by atoms with Crippen LogP contribution in [0.25, 0.3) is 0 Å². The molecule has 8 nitrogen and oxygen atoms in total. The van der Waals surface area contributed by atoms with Crippen LogP contribution in [-0.4, -0.2) is 57.6 Å². The molecule has 0 bridgehead atoms. The lowest BCUT2D eigenvalue weighted by Crippen LogP contribution is -2.46. The second-order valence-electron chi connectivity index (χ2n) is 4.95. The molecule has 0 spiro atoms. The summed E-state index contributed by atoms with van der Waals surface area (Å²) in [6.07, 6.45) is 2.31. The number of aromatic nitrogens is 3. The van der Waals surface area contributed by atoms with Crippen molar-refractivity contribution in [2.75, 3.05) is 19.6 Å². The minimum Gasteiger partial charge on any atom is -0.369 e. The smallest absolute Gasteiger partial charge is 0.291 e. The van der Waals surface area contributed by atoms with Crippen LogP contribution in [0.5, 0.6) is 0 Å². The third kappa shape index (κ3) is 3.77. The molecule has 0 atom stereocenters. The maximum Gasteiger partial charge on any atom is 0.291 e. The van der Waals surface area contributed by atoms with Gasteiger partial charge in [-0.3, -0.25) is 19.6 Å². The van der Waals surface area contributed by atoms with Crippen LogP contribution in [0.15, 0.2) is 0 Å². The van der Waals surface area contributed by atoms with Crippen molar-refractivity contribution in [1.29, 1.82) is 0 Å². The first kappa shape index (κ1) is 14.4. The van der Waals surface area contributed by atoms with Gasteiger partial charge in [0.15, 0.2) is 0 Å². The maximum absolute atomic E-state index is 12.0. The fourth-order valence-electron chi connectivity index (χ4n) is 2.26. The number of nitrogens with one attached hydrogen (secondary N) is 2. The number of amides is 2. The largest absolute Gasteiger partial charge is 0.369 e. The van der Waals surface area contributed by atoms with E-state index in [1.165, 1.54) is 0 Å². The Morgan fingerprint density at radius 1 is 1.45 bits per heavy atom. The monoisotopic (exact) mass is 280 g/mol. The van der Waals surface area contributed by atoms with E-state index in [1.54, 1.807) is 0 Å². The van der Waals surface area contributed by atoms with Crippen molar-refractivity contribution >= 4 is 11.8 Å². The Balaban J connectivity index is 1.80. The fourth-order valence-corrected chi connectivity index (χ4v) is 2.26. The average Bonchev–Trinajstić information content (AvgIpc) is 2.89. The van der Waals surface area contributed by atoms with Gasteiger partial charge in [-0.1, -0.05) is 6.92 Å². The Bertz CT molecular complexity index is 478. The number of piperidine rings is 1. The highest BCUT2D eigenvalue weighted by atomic mass is 16.2. The molecule has 110 valence electrons. The Kier molecular flexibility index (Phi) is 4.67. The van der Waals surface area contributed by atoms with Gasteiger partial charge < -0.3 is 11.1 Å². The molecule has 1 aromatic rings. The minimum absolute atomic E-state index is 0.0928. The van der Waals surface area contributed by atoms with Gasteiger partial charge in [0.25, 0.3) is 5.91 Å². The van der Waals surface area contributed by atoms with Crippen molar-refractivity contribution in [1.82, 2.24) is 25.4 Å². The number of H-pyrrole nitrogens is 1. The highest BCUT2D eigenvalue weighted by molar-refractivity contribution is 5.90. The van der Waals surface area contributed by atoms with Crippen LogP contribution < -0.4 is 11.1 Å². The van der Waals surface area contributed by atoms with Gasteiger partial charge in [0, 0.05) is 25.6 Å². The Morgan fingerprint density at radius 3 is 2.70 bits per heavy atom. The predicted molar refractivity (Wildman–Crippen MR) is 71.9 cm³/mol. The Morgan fingerprint density at radius 2 is 2.15 bits per heavy atom. The lowest BCUT2D eigenvalue weighted by Gasteiger charge is -2.31. The molecule has 0 aliphatic carbocycles. The highest BCUT2D eigenvalue weighted by Gasteiger charge is 2.23. The van der Waals surface area contributed by atoms with Crippen molar-refractivity contribution in [3.8, 4) is 0 Å². The standard InChI is InChI=1S/C12H20N6O2/c1-2-10-15-11(17-16-10)12(20)14-8-3-5-18(6-4-8)7-9(13)19/h8H,2-7H2,1H3,(H2,13,19)(H,14,20)(H,15,16,17). The molecule has 0 aromatic carbocycles. The number of nitrogens with zero attached hydrogens (tertiary/aromatic N) is 3. The lowest BCUT2D eigenvalue weighted by molar-refractivity contribution is -0.119. The molecule has 1 aliphatic rings. The number of primary amides is 1. The SMILES string of the molecule is CCc1nc(C(=O)NC2CCN(CC(N)=O)CC2)n[nH]1. The van der Waals surface area contributed by atoms with E-state index in [0.29, 0.717) is 12.2 Å². The zero-order valence-corrected chi connectivity index (χ0v) is 11.6. The van der Waals surface area contributed by atoms with Crippen LogP contribution >= 0.6 is 0 Å².